The predicted octanol–water partition coefficient (Wildman–Crippen LogP) is 4.65. The molecule has 8 nitrogen and oxygen atoms in total. The van der Waals surface area contributed by atoms with Crippen LogP contribution in [0.3, 0.4) is 0 Å². The molecule has 7 rings (SSSR count). The fourth-order valence-corrected chi connectivity index (χ4v) is 7.71. The Kier molecular flexibility index (Phi) is 5.69. The van der Waals surface area contributed by atoms with E-state index in [0.717, 1.165) is 71.4 Å². The average molecular weight is 541 g/mol. The van der Waals surface area contributed by atoms with Crippen LogP contribution in [0.5, 0.6) is 0 Å². The Hall–Kier alpha value is -3.48. The van der Waals surface area contributed by atoms with Gasteiger partial charge in [-0.1, -0.05) is 0 Å². The number of carbonyl (C=O) groups is 2. The third-order valence-electron chi connectivity index (χ3n) is 8.59. The smallest absolute Gasteiger partial charge is 0.327 e. The number of aromatic nitrogens is 1. The fraction of sp³-hybridized carbons (Fsp3) is 0.467. The largest absolute Gasteiger partial charge is 0.366 e. The number of nitriles is 1. The summed E-state index contributed by atoms with van der Waals surface area (Å²) in [5.41, 5.74) is 6.22. The summed E-state index contributed by atoms with van der Waals surface area (Å²) >= 11 is 1.59. The van der Waals surface area contributed by atoms with Gasteiger partial charge in [0, 0.05) is 58.6 Å². The van der Waals surface area contributed by atoms with Gasteiger partial charge < -0.3 is 15.1 Å². The van der Waals surface area contributed by atoms with Gasteiger partial charge in [-0.3, -0.25) is 14.7 Å². The number of aryl methyl sites for hydroxylation is 1. The quantitative estimate of drug-likeness (QED) is 0.474. The van der Waals surface area contributed by atoms with E-state index in [4.69, 9.17) is 0 Å². The van der Waals surface area contributed by atoms with Crippen LogP contribution in [0, 0.1) is 11.3 Å². The van der Waals surface area contributed by atoms with Crippen molar-refractivity contribution in [2.24, 2.45) is 0 Å². The Morgan fingerprint density at radius 1 is 1.15 bits per heavy atom. The summed E-state index contributed by atoms with van der Waals surface area (Å²) in [7, 11) is 0. The average Bonchev–Trinajstić information content (AvgIpc) is 3.49. The molecule has 2 saturated heterocycles. The normalized spacial score (nSPS) is 22.6. The fourth-order valence-electron chi connectivity index (χ4n) is 6.58. The highest BCUT2D eigenvalue weighted by molar-refractivity contribution is 7.19. The number of thiophene rings is 1. The number of nitrogens with zero attached hydrogens (tertiary/aromatic N) is 5. The van der Waals surface area contributed by atoms with Crippen molar-refractivity contribution < 1.29 is 9.59 Å². The highest BCUT2D eigenvalue weighted by Gasteiger charge is 2.44. The molecule has 1 aromatic carbocycles. The molecule has 3 amide bonds. The zero-order chi connectivity index (χ0) is 26.9. The molecule has 0 radical (unpaired) electrons. The summed E-state index contributed by atoms with van der Waals surface area (Å²) in [6, 6.07) is 11.0. The van der Waals surface area contributed by atoms with Crippen LogP contribution in [0.25, 0.3) is 21.3 Å². The van der Waals surface area contributed by atoms with E-state index in [9.17, 15) is 14.9 Å². The molecule has 0 bridgehead atoms. The molecule has 39 heavy (non-hydrogen) atoms. The van der Waals surface area contributed by atoms with Gasteiger partial charge in [0.05, 0.1) is 28.4 Å². The number of urea groups is 1. The lowest BCUT2D eigenvalue weighted by atomic mass is 9.90. The van der Waals surface area contributed by atoms with E-state index in [-0.39, 0.29) is 36.6 Å². The van der Waals surface area contributed by atoms with Gasteiger partial charge >= 0.3 is 6.03 Å². The topological polar surface area (TPSA) is 92.6 Å². The molecular formula is C30H32N6O2S. The Morgan fingerprint density at radius 3 is 2.74 bits per heavy atom. The summed E-state index contributed by atoms with van der Waals surface area (Å²) in [5, 5.41) is 13.6. The SMILES string of the molecule is CC1(C)C[C@H](N2CCCc3cc(C#N)cc(-c4ccnc5cc(CN6C(=O)CN(C7CC7)C6=O)sc45)c32)CN1. The highest BCUT2D eigenvalue weighted by atomic mass is 32.1. The van der Waals surface area contributed by atoms with Gasteiger partial charge in [0.1, 0.15) is 6.54 Å². The first kappa shape index (κ1) is 24.6. The number of benzene rings is 1. The Morgan fingerprint density at radius 2 is 2.00 bits per heavy atom. The van der Waals surface area contributed by atoms with E-state index in [1.165, 1.54) is 16.2 Å². The van der Waals surface area contributed by atoms with Crippen LogP contribution in [0.1, 0.15) is 55.5 Å². The molecule has 3 aromatic rings. The first-order valence-corrected chi connectivity index (χ1v) is 14.7. The molecule has 1 atom stereocenters. The van der Waals surface area contributed by atoms with E-state index in [0.29, 0.717) is 11.6 Å². The molecule has 3 aliphatic heterocycles. The lowest BCUT2D eigenvalue weighted by Crippen LogP contribution is -2.40. The molecule has 2 aromatic heterocycles. The molecule has 1 N–H and O–H groups in total. The Balaban J connectivity index is 1.29. The number of anilines is 1. The lowest BCUT2D eigenvalue weighted by Gasteiger charge is -2.38. The van der Waals surface area contributed by atoms with Crippen LogP contribution in [0.15, 0.2) is 30.5 Å². The molecule has 0 spiro atoms. The number of hydrogen-bond donors (Lipinski definition) is 1. The molecule has 9 heteroatoms. The zero-order valence-corrected chi connectivity index (χ0v) is 23.2. The van der Waals surface area contributed by atoms with Crippen molar-refractivity contribution in [2.75, 3.05) is 24.5 Å². The third kappa shape index (κ3) is 4.26. The second kappa shape index (κ2) is 9.04. The van der Waals surface area contributed by atoms with Crippen LogP contribution in [0.2, 0.25) is 0 Å². The minimum absolute atomic E-state index is 0.0984. The minimum atomic E-state index is -0.173. The van der Waals surface area contributed by atoms with Gasteiger partial charge in [-0.2, -0.15) is 5.26 Å². The van der Waals surface area contributed by atoms with Crippen molar-refractivity contribution >= 4 is 39.2 Å². The molecule has 0 unspecified atom stereocenters. The third-order valence-corrected chi connectivity index (χ3v) is 9.73. The number of hydrogen-bond acceptors (Lipinski definition) is 7. The number of amides is 3. The Bertz CT molecular complexity index is 1550. The van der Waals surface area contributed by atoms with Gasteiger partial charge in [0.15, 0.2) is 0 Å². The molecule has 3 fully saturated rings. The molecule has 200 valence electrons. The molecule has 1 aliphatic carbocycles. The van der Waals surface area contributed by atoms with E-state index in [1.807, 2.05) is 24.4 Å². The van der Waals surface area contributed by atoms with Crippen molar-refractivity contribution in [3.8, 4) is 17.2 Å². The molecule has 1 saturated carbocycles. The number of imide groups is 1. The van der Waals surface area contributed by atoms with Crippen molar-refractivity contribution in [3.05, 3.63) is 46.5 Å². The first-order valence-electron chi connectivity index (χ1n) is 13.9. The van der Waals surface area contributed by atoms with Gasteiger partial charge in [-0.15, -0.1) is 11.3 Å². The maximum Gasteiger partial charge on any atom is 0.327 e. The lowest BCUT2D eigenvalue weighted by molar-refractivity contribution is -0.125. The van der Waals surface area contributed by atoms with Crippen LogP contribution in [0.4, 0.5) is 10.5 Å². The van der Waals surface area contributed by atoms with E-state index >= 15 is 0 Å². The van der Waals surface area contributed by atoms with E-state index in [2.05, 4.69) is 41.2 Å². The highest BCUT2D eigenvalue weighted by Crippen LogP contribution is 2.44. The summed E-state index contributed by atoms with van der Waals surface area (Å²) in [6.07, 6.45) is 6.90. The van der Waals surface area contributed by atoms with Crippen molar-refractivity contribution in [2.45, 2.75) is 70.1 Å². The van der Waals surface area contributed by atoms with Gasteiger partial charge in [0.25, 0.3) is 5.91 Å². The second-order valence-corrected chi connectivity index (χ2v) is 13.1. The number of pyridine rings is 1. The molecule has 4 aliphatic rings. The predicted molar refractivity (Wildman–Crippen MR) is 152 cm³/mol. The minimum Gasteiger partial charge on any atom is -0.366 e. The van der Waals surface area contributed by atoms with Gasteiger partial charge in [0.2, 0.25) is 0 Å². The summed E-state index contributed by atoms with van der Waals surface area (Å²) in [6.45, 7) is 6.92. The molecular weight excluding hydrogens is 508 g/mol. The van der Waals surface area contributed by atoms with Gasteiger partial charge in [-0.05, 0) is 75.8 Å². The Labute approximate surface area is 232 Å². The van der Waals surface area contributed by atoms with E-state index < -0.39 is 0 Å². The summed E-state index contributed by atoms with van der Waals surface area (Å²) in [4.78, 5) is 36.9. The monoisotopic (exact) mass is 540 g/mol. The zero-order valence-electron chi connectivity index (χ0n) is 22.4. The standard InChI is InChI=1S/C30H32N6O2S/c1-30(2)13-21(15-33-30)34-9-3-4-19-10-18(14-31)11-24(27(19)34)23-7-8-32-25-12-22(39-28(23)25)16-36-26(37)17-35(29(36)38)20-5-6-20/h7-8,10-12,20-21,33H,3-6,9,13,15-17H2,1-2H3/t21-/m0/s1. The number of fused-ring (bicyclic) bond motifs is 2. The van der Waals surface area contributed by atoms with Crippen LogP contribution < -0.4 is 10.2 Å². The molecule has 5 heterocycles. The maximum absolute atomic E-state index is 12.9. The summed E-state index contributed by atoms with van der Waals surface area (Å²) < 4.78 is 1.03. The van der Waals surface area contributed by atoms with Crippen LogP contribution in [-0.2, 0) is 17.8 Å². The van der Waals surface area contributed by atoms with Crippen LogP contribution in [-0.4, -0.2) is 64.0 Å². The van der Waals surface area contributed by atoms with E-state index in [1.54, 1.807) is 16.2 Å². The maximum atomic E-state index is 12.9. The van der Waals surface area contributed by atoms with Crippen molar-refractivity contribution in [3.63, 3.8) is 0 Å². The van der Waals surface area contributed by atoms with Gasteiger partial charge in [-0.25, -0.2) is 4.79 Å². The summed E-state index contributed by atoms with van der Waals surface area (Å²) in [5.74, 6) is -0.128. The van der Waals surface area contributed by atoms with Crippen molar-refractivity contribution in [1.82, 2.24) is 20.1 Å². The first-order chi connectivity index (χ1) is 18.8. The number of carbonyl (C=O) groups excluding carboxylic acids is 2. The van der Waals surface area contributed by atoms with Crippen molar-refractivity contribution in [1.29, 1.82) is 5.26 Å². The second-order valence-electron chi connectivity index (χ2n) is 12.0. The number of nitrogens with one attached hydrogen (secondary N) is 1. The van der Waals surface area contributed by atoms with Crippen LogP contribution >= 0.6 is 11.3 Å². The number of rotatable bonds is 5.